The van der Waals surface area contributed by atoms with Crippen LogP contribution >= 0.6 is 11.3 Å². The maximum Gasteiger partial charge on any atom is 0.320 e. The van der Waals surface area contributed by atoms with Crippen LogP contribution in [0.5, 0.6) is 11.5 Å². The monoisotopic (exact) mass is 792 g/mol. The summed E-state index contributed by atoms with van der Waals surface area (Å²) in [5, 5.41) is 6.70. The molecule has 13 nitrogen and oxygen atoms in total. The number of aryl methyl sites for hydroxylation is 1. The summed E-state index contributed by atoms with van der Waals surface area (Å²) in [6.07, 6.45) is 6.68. The van der Waals surface area contributed by atoms with Crippen molar-refractivity contribution in [1.82, 2.24) is 29.8 Å². The lowest BCUT2D eigenvalue weighted by atomic mass is 9.81. The van der Waals surface area contributed by atoms with Gasteiger partial charge < -0.3 is 24.6 Å². The molecule has 0 unspecified atom stereocenters. The summed E-state index contributed by atoms with van der Waals surface area (Å²) in [6.45, 7) is 12.1. The van der Waals surface area contributed by atoms with Crippen LogP contribution in [0.4, 0.5) is 4.79 Å². The molecule has 4 heterocycles. The zero-order valence-electron chi connectivity index (χ0n) is 32.9. The highest BCUT2D eigenvalue weighted by atomic mass is 32.2. The second kappa shape index (κ2) is 14.1. The van der Waals surface area contributed by atoms with Crippen LogP contribution in [0.15, 0.2) is 35.7 Å². The summed E-state index contributed by atoms with van der Waals surface area (Å²) in [5.41, 5.74) is 0.410. The maximum atomic E-state index is 14.7. The molecule has 2 aliphatic heterocycles. The van der Waals surface area contributed by atoms with E-state index in [2.05, 4.69) is 23.9 Å². The summed E-state index contributed by atoms with van der Waals surface area (Å²) in [4.78, 5) is 56.0. The normalized spacial score (nSPS) is 26.8. The van der Waals surface area contributed by atoms with Gasteiger partial charge in [-0.25, -0.2) is 23.2 Å². The highest BCUT2D eigenvalue weighted by molar-refractivity contribution is 7.91. The van der Waals surface area contributed by atoms with Crippen LogP contribution in [0.2, 0.25) is 0 Å². The van der Waals surface area contributed by atoms with Crippen molar-refractivity contribution in [2.24, 2.45) is 11.3 Å². The summed E-state index contributed by atoms with van der Waals surface area (Å²) < 4.78 is 40.3. The van der Waals surface area contributed by atoms with Crippen molar-refractivity contribution in [2.45, 2.75) is 108 Å². The molecule has 2 aliphatic carbocycles. The number of carbonyl (C=O) groups excluding carboxylic acids is 3. The van der Waals surface area contributed by atoms with Gasteiger partial charge in [0, 0.05) is 53.2 Å². The number of benzene rings is 1. The number of allylic oxidation sites excluding steroid dienone is 1. The number of hydrogen-bond acceptors (Lipinski definition) is 10. The third kappa shape index (κ3) is 6.95. The molecule has 2 N–H and O–H groups in total. The second-order valence-corrected chi connectivity index (χ2v) is 19.9. The number of ether oxygens (including phenoxy) is 2. The fraction of sp³-hybridized carbons (Fsp3) is 0.575. The molecule has 1 saturated heterocycles. The van der Waals surface area contributed by atoms with Gasteiger partial charge in [0.2, 0.25) is 15.9 Å². The SMILES string of the molecule is COc1ccc2c(O[C@H]3CN4C(=O)N(C)CCCC/C=C\[C@@H]5C[C@@]5(C(=O)NS(=O)(=O)C5(C)CC5)NC(=O)[C@@H]4C3(C)C)cc(-c3csc(C(C)C)n3)nc2c1C. The Morgan fingerprint density at radius 2 is 1.84 bits per heavy atom. The van der Waals surface area contributed by atoms with E-state index in [0.29, 0.717) is 42.1 Å². The number of thiazole rings is 1. The smallest absolute Gasteiger partial charge is 0.320 e. The molecule has 2 saturated carbocycles. The summed E-state index contributed by atoms with van der Waals surface area (Å²) in [5.74, 6) is -0.237. The Bertz CT molecular complexity index is 2180. The molecule has 4 atom stereocenters. The zero-order chi connectivity index (χ0) is 39.7. The first kappa shape index (κ1) is 39.0. The van der Waals surface area contributed by atoms with Crippen molar-refractivity contribution >= 4 is 50.1 Å². The third-order valence-corrected chi connectivity index (χ3v) is 15.3. The van der Waals surface area contributed by atoms with E-state index in [9.17, 15) is 22.8 Å². The number of nitrogens with one attached hydrogen (secondary N) is 2. The largest absolute Gasteiger partial charge is 0.496 e. The minimum absolute atomic E-state index is 0.0893. The van der Waals surface area contributed by atoms with E-state index < -0.39 is 55.6 Å². The first-order chi connectivity index (χ1) is 25.9. The standard InChI is InChI=1S/C40H52N6O7S2/c1-23(2)35-42-28(22-54-35)27-19-30(26-14-15-29(52-8)24(3)32(26)41-27)53-31-21-46-33(38(31,4)5)34(47)43-40(36(48)44-55(50,51)39(6)16-17-39)20-25(40)13-11-9-10-12-18-45(7)37(46)49/h11,13-15,19,22-23,25,31,33H,9-10,12,16-18,20-21H2,1-8H3,(H,43,47)(H,44,48)/b13-11-/t25-,31+,33-,40-/m1/s1. The van der Waals surface area contributed by atoms with E-state index in [-0.39, 0.29) is 24.9 Å². The van der Waals surface area contributed by atoms with Gasteiger partial charge >= 0.3 is 6.03 Å². The van der Waals surface area contributed by atoms with E-state index in [1.165, 1.54) is 0 Å². The number of sulfonamides is 1. The van der Waals surface area contributed by atoms with Crippen molar-refractivity contribution < 1.29 is 32.3 Å². The van der Waals surface area contributed by atoms with Crippen LogP contribution < -0.4 is 19.5 Å². The number of aromatic nitrogens is 2. The van der Waals surface area contributed by atoms with Crippen molar-refractivity contribution in [1.29, 1.82) is 0 Å². The average molecular weight is 793 g/mol. The van der Waals surface area contributed by atoms with Crippen LogP contribution in [0, 0.1) is 18.3 Å². The van der Waals surface area contributed by atoms with E-state index in [1.807, 2.05) is 56.5 Å². The predicted octanol–water partition coefficient (Wildman–Crippen LogP) is 5.92. The van der Waals surface area contributed by atoms with Crippen LogP contribution in [0.1, 0.15) is 89.6 Å². The number of carbonyl (C=O) groups is 3. The molecule has 55 heavy (non-hydrogen) atoms. The van der Waals surface area contributed by atoms with Gasteiger partial charge in [-0.3, -0.25) is 14.3 Å². The summed E-state index contributed by atoms with van der Waals surface area (Å²) in [6, 6.07) is 4.26. The lowest BCUT2D eigenvalue weighted by molar-refractivity contribution is -0.133. The second-order valence-electron chi connectivity index (χ2n) is 16.8. The molecule has 15 heteroatoms. The molecule has 1 aromatic carbocycles. The number of urea groups is 1. The first-order valence-corrected chi connectivity index (χ1v) is 21.5. The van der Waals surface area contributed by atoms with Crippen molar-refractivity contribution in [3.05, 3.63) is 46.3 Å². The molecule has 2 aromatic heterocycles. The Kier molecular flexibility index (Phi) is 9.97. The van der Waals surface area contributed by atoms with Gasteiger partial charge in [-0.1, -0.05) is 39.8 Å². The summed E-state index contributed by atoms with van der Waals surface area (Å²) >= 11 is 1.57. The fourth-order valence-electron chi connectivity index (χ4n) is 7.84. The molecule has 0 bridgehead atoms. The van der Waals surface area contributed by atoms with Gasteiger partial charge in [0.15, 0.2) is 0 Å². The molecule has 3 fully saturated rings. The summed E-state index contributed by atoms with van der Waals surface area (Å²) in [7, 11) is -0.615. The maximum absolute atomic E-state index is 14.7. The molecular formula is C40H52N6O7S2. The lowest BCUT2D eigenvalue weighted by Gasteiger charge is -2.35. The minimum atomic E-state index is -3.96. The van der Waals surface area contributed by atoms with Crippen molar-refractivity contribution in [3.63, 3.8) is 0 Å². The molecule has 0 radical (unpaired) electrons. The molecule has 4 aliphatic rings. The molecule has 0 spiro atoms. The van der Waals surface area contributed by atoms with Gasteiger partial charge in [-0.2, -0.15) is 0 Å². The van der Waals surface area contributed by atoms with Crippen LogP contribution in [-0.2, 0) is 19.6 Å². The Morgan fingerprint density at radius 1 is 1.09 bits per heavy atom. The number of fused-ring (bicyclic) bond motifs is 3. The third-order valence-electron chi connectivity index (χ3n) is 12.0. The van der Waals surface area contributed by atoms with Crippen molar-refractivity contribution in [3.8, 4) is 22.9 Å². The molecular weight excluding hydrogens is 741 g/mol. The lowest BCUT2D eigenvalue weighted by Crippen LogP contribution is -2.60. The number of hydrogen-bond donors (Lipinski definition) is 2. The molecule has 7 rings (SSSR count). The van der Waals surface area contributed by atoms with Crippen LogP contribution in [0.25, 0.3) is 22.3 Å². The van der Waals surface area contributed by atoms with Gasteiger partial charge in [0.25, 0.3) is 5.91 Å². The Morgan fingerprint density at radius 3 is 2.51 bits per heavy atom. The van der Waals surface area contributed by atoms with E-state index in [4.69, 9.17) is 19.4 Å². The first-order valence-electron chi connectivity index (χ1n) is 19.1. The Labute approximate surface area is 327 Å². The van der Waals surface area contributed by atoms with E-state index >= 15 is 0 Å². The van der Waals surface area contributed by atoms with Gasteiger partial charge in [0.1, 0.15) is 29.2 Å². The van der Waals surface area contributed by atoms with E-state index in [1.54, 1.807) is 42.2 Å². The fourth-order valence-corrected chi connectivity index (χ4v) is 9.99. The van der Waals surface area contributed by atoms with E-state index in [0.717, 1.165) is 40.9 Å². The Hall–Kier alpha value is -4.24. The van der Waals surface area contributed by atoms with Crippen LogP contribution in [0.3, 0.4) is 0 Å². The number of amides is 4. The number of methoxy groups -OCH3 is 1. The molecule has 4 amide bonds. The topological polar surface area (TPSA) is 160 Å². The Balaban J connectivity index is 1.27. The van der Waals surface area contributed by atoms with Crippen LogP contribution in [-0.4, -0.2) is 95.7 Å². The predicted molar refractivity (Wildman–Crippen MR) is 212 cm³/mol. The highest BCUT2D eigenvalue weighted by Gasteiger charge is 2.64. The molecule has 3 aromatic rings. The molecule has 296 valence electrons. The van der Waals surface area contributed by atoms with Gasteiger partial charge in [-0.15, -0.1) is 11.3 Å². The zero-order valence-corrected chi connectivity index (χ0v) is 34.5. The number of pyridine rings is 1. The number of rotatable bonds is 8. The van der Waals surface area contributed by atoms with Gasteiger partial charge in [0.05, 0.1) is 40.3 Å². The average Bonchev–Trinajstić information content (AvgIpc) is 3.95. The highest BCUT2D eigenvalue weighted by Crippen LogP contribution is 2.49. The van der Waals surface area contributed by atoms with Crippen molar-refractivity contribution in [2.75, 3.05) is 27.2 Å². The number of nitrogens with zero attached hydrogens (tertiary/aromatic N) is 4. The quantitative estimate of drug-likeness (QED) is 0.264. The van der Waals surface area contributed by atoms with Gasteiger partial charge in [-0.05, 0) is 64.5 Å². The minimum Gasteiger partial charge on any atom is -0.496 e.